The van der Waals surface area contributed by atoms with E-state index < -0.39 is 5.97 Å². The van der Waals surface area contributed by atoms with Gasteiger partial charge in [0.25, 0.3) is 0 Å². The van der Waals surface area contributed by atoms with E-state index >= 15 is 0 Å². The summed E-state index contributed by atoms with van der Waals surface area (Å²) in [5.74, 6) is -1.04. The van der Waals surface area contributed by atoms with Gasteiger partial charge in [-0.2, -0.15) is 0 Å². The van der Waals surface area contributed by atoms with Crippen molar-refractivity contribution in [2.75, 3.05) is 0 Å². The third kappa shape index (κ3) is 9.06. The van der Waals surface area contributed by atoms with Crippen LogP contribution in [0.4, 0.5) is 0 Å². The molecule has 1 rings (SSSR count). The van der Waals surface area contributed by atoms with Gasteiger partial charge < -0.3 is 9.67 Å². The van der Waals surface area contributed by atoms with E-state index in [4.69, 9.17) is 0 Å². The van der Waals surface area contributed by atoms with Crippen molar-refractivity contribution in [2.45, 2.75) is 124 Å². The summed E-state index contributed by atoms with van der Waals surface area (Å²) in [6, 6.07) is 0. The molecule has 0 saturated carbocycles. The van der Waals surface area contributed by atoms with E-state index in [0.29, 0.717) is 12.0 Å². The van der Waals surface area contributed by atoms with Crippen LogP contribution in [0.1, 0.15) is 142 Å². The van der Waals surface area contributed by atoms with Gasteiger partial charge in [0.05, 0.1) is 5.56 Å². The van der Waals surface area contributed by atoms with Crippen LogP contribution in [0.5, 0.6) is 0 Å². The molecule has 1 N–H and O–H groups in total. The molecule has 0 fully saturated rings. The highest BCUT2D eigenvalue weighted by Crippen LogP contribution is 2.24. The standard InChI is InChI=1S/C26H45NO3/c1-5-6-7-8-9-10-11-12-13-14-15-16-17-18-19-20-23(28)24-21(2)22(3)27(4)25(24)26(29)30/h5-20H2,1-4H3,(H,29,30). The number of carbonyl (C=O) groups excluding carboxylic acids is 1. The van der Waals surface area contributed by atoms with Crippen LogP contribution in [0.15, 0.2) is 0 Å². The normalized spacial score (nSPS) is 11.2. The van der Waals surface area contributed by atoms with Crippen molar-refractivity contribution in [2.24, 2.45) is 7.05 Å². The molecular formula is C26H45NO3. The second kappa shape index (κ2) is 15.3. The fraction of sp³-hybridized carbons (Fsp3) is 0.769. The Morgan fingerprint density at radius 3 is 1.53 bits per heavy atom. The monoisotopic (exact) mass is 419 g/mol. The largest absolute Gasteiger partial charge is 0.477 e. The Hall–Kier alpha value is -1.58. The zero-order valence-electron chi connectivity index (χ0n) is 20.0. The molecule has 4 nitrogen and oxygen atoms in total. The van der Waals surface area contributed by atoms with Gasteiger partial charge in [-0.3, -0.25) is 4.79 Å². The van der Waals surface area contributed by atoms with Crippen LogP contribution in [-0.4, -0.2) is 21.4 Å². The molecule has 0 atom stereocenters. The number of ketones is 1. The lowest BCUT2D eigenvalue weighted by atomic mass is 9.99. The predicted octanol–water partition coefficient (Wildman–Crippen LogP) is 7.78. The molecule has 0 aliphatic heterocycles. The number of rotatable bonds is 18. The van der Waals surface area contributed by atoms with Crippen LogP contribution in [0, 0.1) is 13.8 Å². The molecule has 30 heavy (non-hydrogen) atoms. The van der Waals surface area contributed by atoms with Crippen LogP contribution < -0.4 is 0 Å². The Bertz CT molecular complexity index is 645. The summed E-state index contributed by atoms with van der Waals surface area (Å²) in [5.41, 5.74) is 2.21. The smallest absolute Gasteiger partial charge is 0.353 e. The van der Waals surface area contributed by atoms with Gasteiger partial charge in [0, 0.05) is 19.2 Å². The number of unbranched alkanes of at least 4 members (excludes halogenated alkanes) is 14. The molecule has 0 bridgehead atoms. The average molecular weight is 420 g/mol. The summed E-state index contributed by atoms with van der Waals surface area (Å²) in [4.78, 5) is 24.2. The molecular weight excluding hydrogens is 374 g/mol. The summed E-state index contributed by atoms with van der Waals surface area (Å²) in [6.45, 7) is 5.98. The van der Waals surface area contributed by atoms with Crippen molar-refractivity contribution in [1.82, 2.24) is 4.57 Å². The minimum atomic E-state index is -1.02. The average Bonchev–Trinajstić information content (AvgIpc) is 2.95. The number of Topliss-reactive ketones (excluding diaryl/α,β-unsaturated/α-hetero) is 1. The lowest BCUT2D eigenvalue weighted by molar-refractivity contribution is 0.0681. The second-order valence-electron chi connectivity index (χ2n) is 8.92. The number of carboxylic acid groups (broad SMARTS) is 1. The summed E-state index contributed by atoms with van der Waals surface area (Å²) >= 11 is 0. The first-order valence-electron chi connectivity index (χ1n) is 12.3. The van der Waals surface area contributed by atoms with E-state index in [-0.39, 0.29) is 11.5 Å². The molecule has 0 aliphatic carbocycles. The molecule has 0 radical (unpaired) electrons. The third-order valence-corrected chi connectivity index (χ3v) is 6.48. The lowest BCUT2D eigenvalue weighted by Gasteiger charge is -2.05. The van der Waals surface area contributed by atoms with Crippen molar-refractivity contribution >= 4 is 11.8 Å². The number of hydrogen-bond donors (Lipinski definition) is 1. The van der Waals surface area contributed by atoms with E-state index in [9.17, 15) is 14.7 Å². The molecule has 172 valence electrons. The van der Waals surface area contributed by atoms with Crippen LogP contribution in [0.2, 0.25) is 0 Å². The zero-order chi connectivity index (χ0) is 22.4. The van der Waals surface area contributed by atoms with Crippen molar-refractivity contribution in [3.8, 4) is 0 Å². The Morgan fingerprint density at radius 2 is 1.13 bits per heavy atom. The van der Waals surface area contributed by atoms with Crippen LogP contribution in [-0.2, 0) is 7.05 Å². The molecule has 0 aliphatic rings. The quantitative estimate of drug-likeness (QED) is 0.195. The number of nitrogens with zero attached hydrogens (tertiary/aromatic N) is 1. The van der Waals surface area contributed by atoms with Crippen molar-refractivity contribution < 1.29 is 14.7 Å². The van der Waals surface area contributed by atoms with E-state index in [1.165, 1.54) is 83.5 Å². The first-order valence-corrected chi connectivity index (χ1v) is 12.3. The maximum Gasteiger partial charge on any atom is 0.353 e. The van der Waals surface area contributed by atoms with Crippen LogP contribution in [0.25, 0.3) is 0 Å². The minimum Gasteiger partial charge on any atom is -0.477 e. The SMILES string of the molecule is CCCCCCCCCCCCCCCCCC(=O)c1c(C)c(C)n(C)c1C(=O)O. The topological polar surface area (TPSA) is 59.3 Å². The van der Waals surface area contributed by atoms with Crippen molar-refractivity contribution in [1.29, 1.82) is 0 Å². The maximum absolute atomic E-state index is 12.6. The molecule has 0 aromatic carbocycles. The first kappa shape index (κ1) is 26.5. The minimum absolute atomic E-state index is 0.0247. The van der Waals surface area contributed by atoms with E-state index in [1.807, 2.05) is 13.8 Å². The maximum atomic E-state index is 12.6. The van der Waals surface area contributed by atoms with Gasteiger partial charge in [-0.05, 0) is 25.8 Å². The molecule has 4 heteroatoms. The highest BCUT2D eigenvalue weighted by molar-refractivity contribution is 6.06. The number of carboxylic acids is 1. The summed E-state index contributed by atoms with van der Waals surface area (Å²) in [7, 11) is 1.72. The molecule has 0 amide bonds. The Morgan fingerprint density at radius 1 is 0.733 bits per heavy atom. The molecule has 1 aromatic heterocycles. The fourth-order valence-electron chi connectivity index (χ4n) is 4.32. The Balaban J connectivity index is 2.08. The number of aromatic nitrogens is 1. The Kier molecular flexibility index (Phi) is 13.5. The zero-order valence-corrected chi connectivity index (χ0v) is 20.0. The van der Waals surface area contributed by atoms with Gasteiger partial charge in [-0.1, -0.05) is 96.8 Å². The van der Waals surface area contributed by atoms with E-state index in [2.05, 4.69) is 6.92 Å². The second-order valence-corrected chi connectivity index (χ2v) is 8.92. The van der Waals surface area contributed by atoms with Gasteiger partial charge in [0.1, 0.15) is 5.69 Å². The molecule has 0 unspecified atom stereocenters. The van der Waals surface area contributed by atoms with Crippen molar-refractivity contribution in [3.05, 3.63) is 22.5 Å². The van der Waals surface area contributed by atoms with E-state index in [0.717, 1.165) is 24.1 Å². The molecule has 1 heterocycles. The van der Waals surface area contributed by atoms with Crippen LogP contribution >= 0.6 is 0 Å². The van der Waals surface area contributed by atoms with Crippen molar-refractivity contribution in [3.63, 3.8) is 0 Å². The number of aromatic carboxylic acids is 1. The van der Waals surface area contributed by atoms with Gasteiger partial charge in [-0.25, -0.2) is 4.79 Å². The highest BCUT2D eigenvalue weighted by Gasteiger charge is 2.25. The number of hydrogen-bond acceptors (Lipinski definition) is 2. The summed E-state index contributed by atoms with van der Waals surface area (Å²) in [5, 5.41) is 9.46. The number of carbonyl (C=O) groups is 2. The third-order valence-electron chi connectivity index (χ3n) is 6.48. The van der Waals surface area contributed by atoms with Gasteiger partial charge in [0.2, 0.25) is 0 Å². The van der Waals surface area contributed by atoms with Gasteiger partial charge in [0.15, 0.2) is 5.78 Å². The van der Waals surface area contributed by atoms with Gasteiger partial charge in [-0.15, -0.1) is 0 Å². The van der Waals surface area contributed by atoms with Gasteiger partial charge >= 0.3 is 5.97 Å². The lowest BCUT2D eigenvalue weighted by Crippen LogP contribution is -2.11. The highest BCUT2D eigenvalue weighted by atomic mass is 16.4. The molecule has 0 saturated heterocycles. The molecule has 0 spiro atoms. The summed E-state index contributed by atoms with van der Waals surface area (Å²) < 4.78 is 1.62. The van der Waals surface area contributed by atoms with E-state index in [1.54, 1.807) is 11.6 Å². The Labute approximate surface area is 184 Å². The molecule has 1 aromatic rings. The van der Waals surface area contributed by atoms with Crippen LogP contribution in [0.3, 0.4) is 0 Å². The first-order chi connectivity index (χ1) is 14.4. The predicted molar refractivity (Wildman–Crippen MR) is 126 cm³/mol. The fourth-order valence-corrected chi connectivity index (χ4v) is 4.32. The summed E-state index contributed by atoms with van der Waals surface area (Å²) in [6.07, 6.45) is 19.9.